The van der Waals surface area contributed by atoms with Gasteiger partial charge in [0, 0.05) is 18.7 Å². The molecule has 0 saturated heterocycles. The van der Waals surface area contributed by atoms with E-state index in [0.29, 0.717) is 24.5 Å². The molecule has 0 unspecified atom stereocenters. The molecule has 0 spiro atoms. The summed E-state index contributed by atoms with van der Waals surface area (Å²) in [4.78, 5) is 22.8. The van der Waals surface area contributed by atoms with Crippen LogP contribution in [0, 0.1) is 13.8 Å². The summed E-state index contributed by atoms with van der Waals surface area (Å²) in [5, 5.41) is 14.9. The largest absolute Gasteiger partial charge is 0.469 e. The maximum Gasteiger partial charge on any atom is 0.305 e. The number of anilines is 2. The van der Waals surface area contributed by atoms with Crippen molar-refractivity contribution in [2.24, 2.45) is 0 Å². The van der Waals surface area contributed by atoms with Crippen molar-refractivity contribution in [1.82, 2.24) is 15.5 Å². The lowest BCUT2D eigenvalue weighted by atomic mass is 10.1. The van der Waals surface area contributed by atoms with E-state index in [2.05, 4.69) is 38.6 Å². The van der Waals surface area contributed by atoms with Gasteiger partial charge in [0.15, 0.2) is 4.34 Å². The van der Waals surface area contributed by atoms with Crippen molar-refractivity contribution in [2.45, 2.75) is 31.0 Å². The molecular formula is C17H22N4O3S2. The first-order valence-electron chi connectivity index (χ1n) is 8.12. The van der Waals surface area contributed by atoms with Gasteiger partial charge in [0.05, 0.1) is 12.9 Å². The lowest BCUT2D eigenvalue weighted by Crippen LogP contribution is -2.26. The van der Waals surface area contributed by atoms with Crippen molar-refractivity contribution in [3.8, 4) is 0 Å². The molecular weight excluding hydrogens is 372 g/mol. The highest BCUT2D eigenvalue weighted by Gasteiger charge is 2.09. The van der Waals surface area contributed by atoms with Crippen LogP contribution in [-0.2, 0) is 14.3 Å². The Labute approximate surface area is 160 Å². The Morgan fingerprint density at radius 1 is 1.27 bits per heavy atom. The molecule has 2 rings (SSSR count). The molecule has 0 atom stereocenters. The Kier molecular flexibility index (Phi) is 7.86. The van der Waals surface area contributed by atoms with Gasteiger partial charge in [-0.15, -0.1) is 10.2 Å². The fraction of sp³-hybridized carbons (Fsp3) is 0.412. The second-order valence-corrected chi connectivity index (χ2v) is 7.83. The fourth-order valence-electron chi connectivity index (χ4n) is 2.13. The van der Waals surface area contributed by atoms with Gasteiger partial charge in [0.1, 0.15) is 0 Å². The van der Waals surface area contributed by atoms with E-state index in [1.54, 1.807) is 0 Å². The summed E-state index contributed by atoms with van der Waals surface area (Å²) in [6.07, 6.45) is 0.861. The Bertz CT molecular complexity index is 764. The number of amides is 1. The average molecular weight is 395 g/mol. The number of benzene rings is 1. The van der Waals surface area contributed by atoms with E-state index in [-0.39, 0.29) is 17.6 Å². The molecule has 0 aliphatic heterocycles. The van der Waals surface area contributed by atoms with Crippen LogP contribution in [0.2, 0.25) is 0 Å². The Morgan fingerprint density at radius 2 is 2.08 bits per heavy atom. The minimum atomic E-state index is -0.272. The zero-order chi connectivity index (χ0) is 18.9. The number of nitrogens with zero attached hydrogens (tertiary/aromatic N) is 2. The number of carbonyl (C=O) groups excluding carboxylic acids is 2. The molecule has 2 aromatic rings. The van der Waals surface area contributed by atoms with Gasteiger partial charge < -0.3 is 15.4 Å². The highest BCUT2D eigenvalue weighted by atomic mass is 32.2. The summed E-state index contributed by atoms with van der Waals surface area (Å²) < 4.78 is 5.27. The van der Waals surface area contributed by atoms with Gasteiger partial charge >= 0.3 is 5.97 Å². The number of nitrogens with one attached hydrogen (secondary N) is 2. The fourth-order valence-corrected chi connectivity index (χ4v) is 3.72. The van der Waals surface area contributed by atoms with Gasteiger partial charge in [-0.25, -0.2) is 0 Å². The van der Waals surface area contributed by atoms with Crippen molar-refractivity contribution < 1.29 is 14.3 Å². The Balaban J connectivity index is 1.74. The Hall–Kier alpha value is -2.13. The van der Waals surface area contributed by atoms with Crippen LogP contribution in [0.25, 0.3) is 0 Å². The summed E-state index contributed by atoms with van der Waals surface area (Å²) in [7, 11) is 1.35. The normalized spacial score (nSPS) is 10.4. The second kappa shape index (κ2) is 10.1. The summed E-state index contributed by atoms with van der Waals surface area (Å²) in [5.74, 6) is -0.110. The standard InChI is InChI=1S/C17H22N4O3S2/c1-11-6-7-13(12(2)9-11)19-16-20-21-17(26-16)25-10-14(22)18-8-4-5-15(23)24-3/h6-7,9H,4-5,8,10H2,1-3H3,(H,18,22)(H,19,20). The minimum Gasteiger partial charge on any atom is -0.469 e. The molecule has 0 radical (unpaired) electrons. The van der Waals surface area contributed by atoms with Crippen LogP contribution in [0.3, 0.4) is 0 Å². The molecule has 0 fully saturated rings. The van der Waals surface area contributed by atoms with E-state index in [9.17, 15) is 9.59 Å². The first-order valence-corrected chi connectivity index (χ1v) is 9.92. The van der Waals surface area contributed by atoms with Crippen LogP contribution in [0.4, 0.5) is 10.8 Å². The summed E-state index contributed by atoms with van der Waals surface area (Å²) >= 11 is 2.74. The molecule has 0 bridgehead atoms. The van der Waals surface area contributed by atoms with E-state index in [0.717, 1.165) is 15.6 Å². The third-order valence-corrected chi connectivity index (χ3v) is 5.44. The minimum absolute atomic E-state index is 0.0982. The predicted molar refractivity (Wildman–Crippen MR) is 104 cm³/mol. The topological polar surface area (TPSA) is 93.2 Å². The maximum atomic E-state index is 11.8. The molecule has 0 saturated carbocycles. The van der Waals surface area contributed by atoms with E-state index in [4.69, 9.17) is 0 Å². The summed E-state index contributed by atoms with van der Waals surface area (Å²) in [6.45, 7) is 4.54. The number of esters is 1. The highest BCUT2D eigenvalue weighted by molar-refractivity contribution is 8.01. The van der Waals surface area contributed by atoms with E-state index in [1.165, 1.54) is 35.8 Å². The van der Waals surface area contributed by atoms with Crippen LogP contribution >= 0.6 is 23.1 Å². The Morgan fingerprint density at radius 3 is 2.81 bits per heavy atom. The van der Waals surface area contributed by atoms with Gasteiger partial charge in [0.25, 0.3) is 0 Å². The molecule has 0 aliphatic carbocycles. The molecule has 1 amide bonds. The lowest BCUT2D eigenvalue weighted by Gasteiger charge is -2.06. The third kappa shape index (κ3) is 6.64. The molecule has 140 valence electrons. The van der Waals surface area contributed by atoms with Crippen LogP contribution in [0.5, 0.6) is 0 Å². The number of hydrogen-bond acceptors (Lipinski definition) is 8. The molecule has 26 heavy (non-hydrogen) atoms. The average Bonchev–Trinajstić information content (AvgIpc) is 3.06. The van der Waals surface area contributed by atoms with Gasteiger partial charge in [-0.05, 0) is 31.9 Å². The zero-order valence-corrected chi connectivity index (χ0v) is 16.6. The predicted octanol–water partition coefficient (Wildman–Crippen LogP) is 3.06. The van der Waals surface area contributed by atoms with Crippen molar-refractivity contribution in [2.75, 3.05) is 24.7 Å². The molecule has 0 aliphatic rings. The van der Waals surface area contributed by atoms with E-state index < -0.39 is 0 Å². The SMILES string of the molecule is COC(=O)CCCNC(=O)CSc1nnc(Nc2ccc(C)cc2C)s1. The van der Waals surface area contributed by atoms with Gasteiger partial charge in [-0.3, -0.25) is 9.59 Å². The summed E-state index contributed by atoms with van der Waals surface area (Å²) in [5.41, 5.74) is 3.34. The highest BCUT2D eigenvalue weighted by Crippen LogP contribution is 2.28. The number of carbonyl (C=O) groups is 2. The third-order valence-electron chi connectivity index (χ3n) is 3.46. The van der Waals surface area contributed by atoms with Crippen molar-refractivity contribution in [3.63, 3.8) is 0 Å². The van der Waals surface area contributed by atoms with Crippen LogP contribution in [0.15, 0.2) is 22.5 Å². The zero-order valence-electron chi connectivity index (χ0n) is 15.0. The van der Waals surface area contributed by atoms with Crippen LogP contribution in [0.1, 0.15) is 24.0 Å². The van der Waals surface area contributed by atoms with Crippen LogP contribution in [-0.4, -0.2) is 41.5 Å². The number of aryl methyl sites for hydroxylation is 2. The second-order valence-electron chi connectivity index (χ2n) is 5.63. The van der Waals surface area contributed by atoms with Crippen molar-refractivity contribution in [1.29, 1.82) is 0 Å². The number of rotatable bonds is 9. The van der Waals surface area contributed by atoms with Gasteiger partial charge in [0.2, 0.25) is 11.0 Å². The number of aromatic nitrogens is 2. The quantitative estimate of drug-likeness (QED) is 0.383. The molecule has 7 nitrogen and oxygen atoms in total. The molecule has 1 heterocycles. The molecule has 1 aromatic carbocycles. The smallest absolute Gasteiger partial charge is 0.305 e. The van der Waals surface area contributed by atoms with Crippen molar-refractivity contribution in [3.05, 3.63) is 29.3 Å². The van der Waals surface area contributed by atoms with Crippen molar-refractivity contribution >= 4 is 45.8 Å². The lowest BCUT2D eigenvalue weighted by molar-refractivity contribution is -0.140. The number of hydrogen-bond donors (Lipinski definition) is 2. The van der Waals surface area contributed by atoms with Gasteiger partial charge in [-0.2, -0.15) is 0 Å². The van der Waals surface area contributed by atoms with Crippen LogP contribution < -0.4 is 10.6 Å². The number of methoxy groups -OCH3 is 1. The maximum absolute atomic E-state index is 11.8. The molecule has 1 aromatic heterocycles. The first kappa shape index (κ1) is 20.2. The summed E-state index contributed by atoms with van der Waals surface area (Å²) in [6, 6.07) is 6.15. The first-order chi connectivity index (χ1) is 12.5. The molecule has 9 heteroatoms. The van der Waals surface area contributed by atoms with E-state index in [1.807, 2.05) is 19.1 Å². The molecule has 2 N–H and O–H groups in total. The monoisotopic (exact) mass is 394 g/mol. The van der Waals surface area contributed by atoms with Gasteiger partial charge in [-0.1, -0.05) is 40.8 Å². The number of thioether (sulfide) groups is 1. The number of ether oxygens (including phenoxy) is 1. The van der Waals surface area contributed by atoms with E-state index >= 15 is 0 Å².